The van der Waals surface area contributed by atoms with Gasteiger partial charge in [-0.1, -0.05) is 106 Å². The molecule has 0 amide bonds. The molecular formula is C43H35N3O. The molecule has 47 heavy (non-hydrogen) atoms. The number of para-hydroxylation sites is 2. The van der Waals surface area contributed by atoms with Crippen molar-refractivity contribution in [3.05, 3.63) is 162 Å². The van der Waals surface area contributed by atoms with Gasteiger partial charge in [0, 0.05) is 28.2 Å². The summed E-state index contributed by atoms with van der Waals surface area (Å²) in [5, 5.41) is 8.76. The molecule has 4 heteroatoms. The van der Waals surface area contributed by atoms with Crippen LogP contribution in [0.4, 0.5) is 17.1 Å². The predicted octanol–water partition coefficient (Wildman–Crippen LogP) is 11.4. The molecule has 0 spiro atoms. The van der Waals surface area contributed by atoms with Crippen molar-refractivity contribution in [1.82, 2.24) is 10.2 Å². The van der Waals surface area contributed by atoms with Gasteiger partial charge in [0.2, 0.25) is 11.8 Å². The highest BCUT2D eigenvalue weighted by Crippen LogP contribution is 2.41. The Morgan fingerprint density at radius 2 is 0.957 bits per heavy atom. The van der Waals surface area contributed by atoms with Gasteiger partial charge in [-0.05, 0) is 111 Å². The minimum absolute atomic E-state index is 0.0962. The molecule has 1 aliphatic carbocycles. The van der Waals surface area contributed by atoms with Crippen LogP contribution >= 0.6 is 0 Å². The quantitative estimate of drug-likeness (QED) is 0.188. The van der Waals surface area contributed by atoms with Gasteiger partial charge in [-0.2, -0.15) is 0 Å². The Hall–Kier alpha value is -5.74. The summed E-state index contributed by atoms with van der Waals surface area (Å²) in [4.78, 5) is 2.29. The Morgan fingerprint density at radius 3 is 1.53 bits per heavy atom. The average Bonchev–Trinajstić information content (AvgIpc) is 3.74. The van der Waals surface area contributed by atoms with Gasteiger partial charge in [-0.25, -0.2) is 0 Å². The van der Waals surface area contributed by atoms with Crippen LogP contribution < -0.4 is 4.90 Å². The van der Waals surface area contributed by atoms with Crippen LogP contribution in [0.15, 0.2) is 150 Å². The number of rotatable bonds is 6. The molecule has 8 rings (SSSR count). The van der Waals surface area contributed by atoms with Crippen molar-refractivity contribution < 1.29 is 4.42 Å². The third-order valence-electron chi connectivity index (χ3n) is 9.04. The molecule has 0 radical (unpaired) electrons. The monoisotopic (exact) mass is 609 g/mol. The predicted molar refractivity (Wildman–Crippen MR) is 192 cm³/mol. The van der Waals surface area contributed by atoms with E-state index in [1.165, 1.54) is 38.9 Å². The Balaban J connectivity index is 1.03. The number of hydrogen-bond acceptors (Lipinski definition) is 4. The first-order valence-electron chi connectivity index (χ1n) is 16.1. The zero-order valence-corrected chi connectivity index (χ0v) is 26.8. The summed E-state index contributed by atoms with van der Waals surface area (Å²) in [6.45, 7) is 6.64. The van der Waals surface area contributed by atoms with Crippen molar-refractivity contribution in [1.29, 1.82) is 0 Å². The van der Waals surface area contributed by atoms with E-state index >= 15 is 0 Å². The fourth-order valence-electron chi connectivity index (χ4n) is 6.50. The average molecular weight is 610 g/mol. The Bertz CT molecular complexity index is 2140. The summed E-state index contributed by atoms with van der Waals surface area (Å²) >= 11 is 0. The maximum absolute atomic E-state index is 6.15. The van der Waals surface area contributed by atoms with E-state index in [2.05, 4.69) is 181 Å². The fourth-order valence-corrected chi connectivity index (χ4v) is 6.50. The van der Waals surface area contributed by atoms with Crippen LogP contribution in [0.1, 0.15) is 37.5 Å². The van der Waals surface area contributed by atoms with E-state index in [0.29, 0.717) is 11.8 Å². The van der Waals surface area contributed by atoms with Crippen LogP contribution in [0, 0.1) is 0 Å². The van der Waals surface area contributed by atoms with Crippen molar-refractivity contribution in [3.63, 3.8) is 0 Å². The van der Waals surface area contributed by atoms with Crippen molar-refractivity contribution >= 4 is 17.1 Å². The van der Waals surface area contributed by atoms with Gasteiger partial charge in [-0.15, -0.1) is 10.2 Å². The summed E-state index contributed by atoms with van der Waals surface area (Å²) in [5.74, 6) is 1.08. The van der Waals surface area contributed by atoms with Gasteiger partial charge >= 0.3 is 0 Å². The van der Waals surface area contributed by atoms with Crippen molar-refractivity contribution in [2.45, 2.75) is 32.6 Å². The lowest BCUT2D eigenvalue weighted by molar-refractivity contribution is 0.582. The van der Waals surface area contributed by atoms with E-state index < -0.39 is 0 Å². The van der Waals surface area contributed by atoms with E-state index in [-0.39, 0.29) is 5.41 Å². The smallest absolute Gasteiger partial charge is 0.248 e. The second kappa shape index (κ2) is 11.6. The molecule has 7 aromatic rings. The summed E-state index contributed by atoms with van der Waals surface area (Å²) in [5.41, 5.74) is 14.2. The molecule has 4 nitrogen and oxygen atoms in total. The Labute approximate surface area is 276 Å². The van der Waals surface area contributed by atoms with E-state index in [4.69, 9.17) is 4.42 Å². The molecule has 0 saturated carbocycles. The van der Waals surface area contributed by atoms with Gasteiger partial charge in [0.1, 0.15) is 0 Å². The van der Waals surface area contributed by atoms with Crippen LogP contribution in [0.5, 0.6) is 0 Å². The first-order chi connectivity index (χ1) is 22.9. The largest absolute Gasteiger partial charge is 0.416 e. The summed E-state index contributed by atoms with van der Waals surface area (Å²) < 4.78 is 6.15. The Morgan fingerprint density at radius 1 is 0.489 bits per heavy atom. The maximum Gasteiger partial charge on any atom is 0.248 e. The highest BCUT2D eigenvalue weighted by Gasteiger charge is 2.22. The first kappa shape index (κ1) is 28.7. The number of nitrogens with zero attached hydrogens (tertiary/aromatic N) is 3. The second-order valence-corrected chi connectivity index (χ2v) is 13.2. The molecule has 0 atom stereocenters. The SMILES string of the molecule is CC(C)(C)c1ccc(-c2nnc(-c3ccc4c(c3)Cc3cc(-c5ccc(N(c6ccccc6)c6ccccc6)cc5)ccc3-4)o2)cc1. The first-order valence-corrected chi connectivity index (χ1v) is 16.1. The van der Waals surface area contributed by atoms with E-state index in [0.717, 1.165) is 34.6 Å². The second-order valence-electron chi connectivity index (χ2n) is 13.2. The molecule has 0 saturated heterocycles. The molecule has 6 aromatic carbocycles. The minimum Gasteiger partial charge on any atom is -0.416 e. The third-order valence-corrected chi connectivity index (χ3v) is 9.04. The van der Waals surface area contributed by atoms with E-state index in [9.17, 15) is 0 Å². The number of fused-ring (bicyclic) bond motifs is 3. The van der Waals surface area contributed by atoms with E-state index in [1.54, 1.807) is 0 Å². The third kappa shape index (κ3) is 5.53. The standard InChI is InChI=1S/C43H35N3O/c1-43(2,3)35-20-14-30(15-21-35)41-44-45-42(47-41)32-19-25-40-34(27-32)28-33-26-31(18-24-39(33)40)29-16-22-38(23-17-29)46(36-10-6-4-7-11-36)37-12-8-5-9-13-37/h4-27H,28H2,1-3H3. The normalized spacial score (nSPS) is 12.1. The van der Waals surface area contributed by atoms with Crippen molar-refractivity contribution in [2.75, 3.05) is 4.90 Å². The van der Waals surface area contributed by atoms with Gasteiger partial charge in [0.15, 0.2) is 0 Å². The van der Waals surface area contributed by atoms with Crippen molar-refractivity contribution in [3.8, 4) is 45.2 Å². The lowest BCUT2D eigenvalue weighted by Crippen LogP contribution is -2.10. The number of hydrogen-bond donors (Lipinski definition) is 0. The van der Waals surface area contributed by atoms with Gasteiger partial charge in [0.05, 0.1) is 0 Å². The van der Waals surface area contributed by atoms with Crippen LogP contribution in [0.2, 0.25) is 0 Å². The maximum atomic E-state index is 6.15. The van der Waals surface area contributed by atoms with Gasteiger partial charge in [-0.3, -0.25) is 0 Å². The lowest BCUT2D eigenvalue weighted by Gasteiger charge is -2.25. The minimum atomic E-state index is 0.0962. The molecule has 0 N–H and O–H groups in total. The number of anilines is 3. The molecule has 1 aliphatic rings. The van der Waals surface area contributed by atoms with Crippen LogP contribution in [0.25, 0.3) is 45.2 Å². The summed E-state index contributed by atoms with van der Waals surface area (Å²) in [6, 6.07) is 51.6. The molecule has 228 valence electrons. The summed E-state index contributed by atoms with van der Waals surface area (Å²) in [7, 11) is 0. The highest BCUT2D eigenvalue weighted by atomic mass is 16.4. The number of aromatic nitrogens is 2. The lowest BCUT2D eigenvalue weighted by atomic mass is 9.87. The molecule has 0 bridgehead atoms. The van der Waals surface area contributed by atoms with Crippen LogP contribution in [0.3, 0.4) is 0 Å². The van der Waals surface area contributed by atoms with Crippen LogP contribution in [-0.4, -0.2) is 10.2 Å². The zero-order chi connectivity index (χ0) is 32.0. The van der Waals surface area contributed by atoms with E-state index in [1.807, 2.05) is 0 Å². The van der Waals surface area contributed by atoms with Gasteiger partial charge < -0.3 is 9.32 Å². The number of benzene rings is 6. The topological polar surface area (TPSA) is 42.2 Å². The van der Waals surface area contributed by atoms with Gasteiger partial charge in [0.25, 0.3) is 0 Å². The molecular weight excluding hydrogens is 574 g/mol. The molecule has 0 fully saturated rings. The molecule has 1 aromatic heterocycles. The van der Waals surface area contributed by atoms with Crippen LogP contribution in [-0.2, 0) is 11.8 Å². The van der Waals surface area contributed by atoms with Crippen molar-refractivity contribution in [2.24, 2.45) is 0 Å². The summed E-state index contributed by atoms with van der Waals surface area (Å²) in [6.07, 6.45) is 0.871. The fraction of sp³-hybridized carbons (Fsp3) is 0.116. The highest BCUT2D eigenvalue weighted by molar-refractivity contribution is 5.83. The molecule has 0 aliphatic heterocycles. The zero-order valence-electron chi connectivity index (χ0n) is 26.8. The molecule has 0 unspecified atom stereocenters. The Kier molecular flexibility index (Phi) is 7.06. The molecule has 1 heterocycles.